The van der Waals surface area contributed by atoms with Gasteiger partial charge in [-0.1, -0.05) is 0 Å². The summed E-state index contributed by atoms with van der Waals surface area (Å²) in [5.74, 6) is -0.387. The summed E-state index contributed by atoms with van der Waals surface area (Å²) < 4.78 is 9.78. The molecular weight excluding hydrogens is 172 g/mol. The average Bonchev–Trinajstić information content (AvgIpc) is 2.19. The van der Waals surface area contributed by atoms with Gasteiger partial charge in [0, 0.05) is 6.61 Å². The summed E-state index contributed by atoms with van der Waals surface area (Å²) in [6.07, 6.45) is 2.06. The molecule has 0 saturated carbocycles. The van der Waals surface area contributed by atoms with Crippen molar-refractivity contribution in [2.24, 2.45) is 0 Å². The molecule has 0 aromatic carbocycles. The molecule has 1 fully saturated rings. The molecule has 76 valence electrons. The molecule has 1 N–H and O–H groups in total. The highest BCUT2D eigenvalue weighted by Gasteiger charge is 2.24. The van der Waals surface area contributed by atoms with Crippen molar-refractivity contribution >= 4 is 5.97 Å². The largest absolute Gasteiger partial charge is 0.469 e. The SMILES string of the molecule is COC(=O)C[C@H](O)C1CCCCO1. The fourth-order valence-corrected chi connectivity index (χ4v) is 1.45. The minimum Gasteiger partial charge on any atom is -0.469 e. The number of esters is 1. The molecule has 0 amide bonds. The zero-order valence-corrected chi connectivity index (χ0v) is 7.86. The maximum absolute atomic E-state index is 10.8. The summed E-state index contributed by atoms with van der Waals surface area (Å²) >= 11 is 0. The summed E-state index contributed by atoms with van der Waals surface area (Å²) in [4.78, 5) is 10.8. The Bertz CT molecular complexity index is 163. The van der Waals surface area contributed by atoms with E-state index >= 15 is 0 Å². The first kappa shape index (κ1) is 10.5. The molecule has 4 nitrogen and oxygen atoms in total. The summed E-state index contributed by atoms with van der Waals surface area (Å²) in [5, 5.41) is 9.55. The molecule has 13 heavy (non-hydrogen) atoms. The van der Waals surface area contributed by atoms with E-state index in [1.165, 1.54) is 7.11 Å². The van der Waals surface area contributed by atoms with Crippen LogP contribution in [0.25, 0.3) is 0 Å². The molecule has 0 aromatic heterocycles. The Kier molecular flexibility index (Phi) is 4.18. The lowest BCUT2D eigenvalue weighted by atomic mass is 10.0. The Morgan fingerprint density at radius 1 is 1.69 bits per heavy atom. The van der Waals surface area contributed by atoms with E-state index in [1.54, 1.807) is 0 Å². The summed E-state index contributed by atoms with van der Waals surface area (Å²) in [6.45, 7) is 0.683. The zero-order chi connectivity index (χ0) is 9.68. The minimum atomic E-state index is -0.715. The number of methoxy groups -OCH3 is 1. The van der Waals surface area contributed by atoms with E-state index in [0.29, 0.717) is 6.61 Å². The van der Waals surface area contributed by atoms with E-state index in [9.17, 15) is 9.90 Å². The van der Waals surface area contributed by atoms with Crippen LogP contribution in [0.2, 0.25) is 0 Å². The third-order valence-corrected chi connectivity index (χ3v) is 2.25. The molecule has 1 aliphatic rings. The first-order valence-electron chi connectivity index (χ1n) is 4.60. The molecule has 0 radical (unpaired) electrons. The Balaban J connectivity index is 2.28. The second kappa shape index (κ2) is 5.19. The van der Waals surface area contributed by atoms with Crippen molar-refractivity contribution in [1.29, 1.82) is 0 Å². The van der Waals surface area contributed by atoms with Crippen molar-refractivity contribution in [3.63, 3.8) is 0 Å². The Morgan fingerprint density at radius 3 is 3.00 bits per heavy atom. The van der Waals surface area contributed by atoms with E-state index < -0.39 is 6.10 Å². The number of hydrogen-bond donors (Lipinski definition) is 1. The Morgan fingerprint density at radius 2 is 2.46 bits per heavy atom. The quantitative estimate of drug-likeness (QED) is 0.654. The molecule has 0 spiro atoms. The monoisotopic (exact) mass is 188 g/mol. The molecule has 0 aliphatic carbocycles. The highest BCUT2D eigenvalue weighted by molar-refractivity contribution is 5.69. The van der Waals surface area contributed by atoms with Crippen LogP contribution in [0, 0.1) is 0 Å². The molecule has 1 aliphatic heterocycles. The number of ether oxygens (including phenoxy) is 2. The molecule has 0 bridgehead atoms. The van der Waals surface area contributed by atoms with Gasteiger partial charge in [-0.3, -0.25) is 4.79 Å². The van der Waals surface area contributed by atoms with Gasteiger partial charge in [0.05, 0.1) is 25.7 Å². The summed E-state index contributed by atoms with van der Waals surface area (Å²) in [6, 6.07) is 0. The average molecular weight is 188 g/mol. The van der Waals surface area contributed by atoms with E-state index in [1.807, 2.05) is 0 Å². The van der Waals surface area contributed by atoms with Gasteiger partial charge >= 0.3 is 5.97 Å². The zero-order valence-electron chi connectivity index (χ0n) is 7.86. The second-order valence-corrected chi connectivity index (χ2v) is 3.25. The fourth-order valence-electron chi connectivity index (χ4n) is 1.45. The third kappa shape index (κ3) is 3.32. The first-order chi connectivity index (χ1) is 6.24. The van der Waals surface area contributed by atoms with Gasteiger partial charge in [0.25, 0.3) is 0 Å². The number of carbonyl (C=O) groups excluding carboxylic acids is 1. The molecule has 0 aromatic rings. The molecule has 1 heterocycles. The van der Waals surface area contributed by atoms with Crippen LogP contribution >= 0.6 is 0 Å². The third-order valence-electron chi connectivity index (χ3n) is 2.25. The van der Waals surface area contributed by atoms with Gasteiger partial charge in [-0.05, 0) is 19.3 Å². The van der Waals surface area contributed by atoms with E-state index in [2.05, 4.69) is 4.74 Å². The van der Waals surface area contributed by atoms with Gasteiger partial charge in [0.1, 0.15) is 0 Å². The molecular formula is C9H16O4. The van der Waals surface area contributed by atoms with Gasteiger partial charge in [-0.25, -0.2) is 0 Å². The summed E-state index contributed by atoms with van der Waals surface area (Å²) in [5.41, 5.74) is 0. The molecule has 2 atom stereocenters. The van der Waals surface area contributed by atoms with E-state index in [-0.39, 0.29) is 18.5 Å². The van der Waals surface area contributed by atoms with Crippen molar-refractivity contribution in [2.45, 2.75) is 37.9 Å². The Hall–Kier alpha value is -0.610. The maximum Gasteiger partial charge on any atom is 0.308 e. The van der Waals surface area contributed by atoms with Crippen LogP contribution in [-0.4, -0.2) is 37.0 Å². The van der Waals surface area contributed by atoms with Crippen LogP contribution in [0.1, 0.15) is 25.7 Å². The van der Waals surface area contributed by atoms with Crippen LogP contribution in [0.4, 0.5) is 0 Å². The number of rotatable bonds is 3. The lowest BCUT2D eigenvalue weighted by Crippen LogP contribution is -2.34. The molecule has 1 rings (SSSR count). The number of carbonyl (C=O) groups is 1. The van der Waals surface area contributed by atoms with Crippen molar-refractivity contribution in [1.82, 2.24) is 0 Å². The van der Waals surface area contributed by atoms with Gasteiger partial charge in [0.2, 0.25) is 0 Å². The number of hydrogen-bond acceptors (Lipinski definition) is 4. The standard InChI is InChI=1S/C9H16O4/c1-12-9(11)6-7(10)8-4-2-3-5-13-8/h7-8,10H,2-6H2,1H3/t7-,8?/m0/s1. The van der Waals surface area contributed by atoms with Crippen molar-refractivity contribution in [3.05, 3.63) is 0 Å². The lowest BCUT2D eigenvalue weighted by Gasteiger charge is -2.26. The smallest absolute Gasteiger partial charge is 0.308 e. The normalized spacial score (nSPS) is 25.2. The second-order valence-electron chi connectivity index (χ2n) is 3.25. The topological polar surface area (TPSA) is 55.8 Å². The van der Waals surface area contributed by atoms with Gasteiger partial charge in [-0.2, -0.15) is 0 Å². The van der Waals surface area contributed by atoms with Crippen LogP contribution in [-0.2, 0) is 14.3 Å². The van der Waals surface area contributed by atoms with Gasteiger partial charge in [-0.15, -0.1) is 0 Å². The van der Waals surface area contributed by atoms with Crippen LogP contribution < -0.4 is 0 Å². The minimum absolute atomic E-state index is 0.0289. The summed E-state index contributed by atoms with van der Waals surface area (Å²) in [7, 11) is 1.32. The Labute approximate surface area is 77.8 Å². The molecule has 1 unspecified atom stereocenters. The van der Waals surface area contributed by atoms with Crippen molar-refractivity contribution < 1.29 is 19.4 Å². The lowest BCUT2D eigenvalue weighted by molar-refractivity contribution is -0.146. The van der Waals surface area contributed by atoms with Crippen LogP contribution in [0.5, 0.6) is 0 Å². The number of aliphatic hydroxyl groups excluding tert-OH is 1. The van der Waals surface area contributed by atoms with Gasteiger partial charge in [0.15, 0.2) is 0 Å². The highest BCUT2D eigenvalue weighted by Crippen LogP contribution is 2.17. The molecule has 1 saturated heterocycles. The predicted molar refractivity (Wildman–Crippen MR) is 46.2 cm³/mol. The van der Waals surface area contributed by atoms with E-state index in [0.717, 1.165) is 19.3 Å². The van der Waals surface area contributed by atoms with Crippen LogP contribution in [0.3, 0.4) is 0 Å². The van der Waals surface area contributed by atoms with Gasteiger partial charge < -0.3 is 14.6 Å². The van der Waals surface area contributed by atoms with Crippen molar-refractivity contribution in [3.8, 4) is 0 Å². The predicted octanol–water partition coefficient (Wildman–Crippen LogP) is 0.479. The number of aliphatic hydroxyl groups is 1. The maximum atomic E-state index is 10.8. The molecule has 4 heteroatoms. The van der Waals surface area contributed by atoms with Crippen molar-refractivity contribution in [2.75, 3.05) is 13.7 Å². The van der Waals surface area contributed by atoms with E-state index in [4.69, 9.17) is 4.74 Å². The van der Waals surface area contributed by atoms with Crippen LogP contribution in [0.15, 0.2) is 0 Å². The first-order valence-corrected chi connectivity index (χ1v) is 4.60. The highest BCUT2D eigenvalue weighted by atomic mass is 16.5. The fraction of sp³-hybridized carbons (Fsp3) is 0.889.